The molecule has 0 saturated heterocycles. The highest BCUT2D eigenvalue weighted by molar-refractivity contribution is 14.1. The van der Waals surface area contributed by atoms with Gasteiger partial charge in [0.15, 0.2) is 5.82 Å². The maximum atomic E-state index is 12.5. The summed E-state index contributed by atoms with van der Waals surface area (Å²) in [4.78, 5) is 12.5. The average Bonchev–Trinajstić information content (AvgIpc) is 2.91. The zero-order chi connectivity index (χ0) is 18.8. The number of halogens is 2. The number of aryl methyl sites for hydroxylation is 1. The molecule has 1 N–H and O–H groups in total. The van der Waals surface area contributed by atoms with Gasteiger partial charge < -0.3 is 9.88 Å². The third kappa shape index (κ3) is 4.01. The predicted molar refractivity (Wildman–Crippen MR) is 115 cm³/mol. The van der Waals surface area contributed by atoms with Gasteiger partial charge in [-0.05, 0) is 71.8 Å². The quantitative estimate of drug-likeness (QED) is 0.513. The second-order valence-electron chi connectivity index (χ2n) is 6.56. The van der Waals surface area contributed by atoms with E-state index in [1.807, 2.05) is 24.3 Å². The smallest absolute Gasteiger partial charge is 0.255 e. The number of aromatic nitrogens is 3. The summed E-state index contributed by atoms with van der Waals surface area (Å²) in [6, 6.07) is 12.9. The molecule has 4 rings (SSSR count). The van der Waals surface area contributed by atoms with Crippen molar-refractivity contribution in [2.24, 2.45) is 0 Å². The lowest BCUT2D eigenvalue weighted by Gasteiger charge is -2.11. The first-order chi connectivity index (χ1) is 13.1. The zero-order valence-electron chi connectivity index (χ0n) is 14.6. The van der Waals surface area contributed by atoms with Crippen LogP contribution in [0.5, 0.6) is 0 Å². The van der Waals surface area contributed by atoms with E-state index >= 15 is 0 Å². The highest BCUT2D eigenvalue weighted by atomic mass is 127. The number of benzene rings is 2. The zero-order valence-corrected chi connectivity index (χ0v) is 17.5. The Morgan fingerprint density at radius 3 is 2.85 bits per heavy atom. The Bertz CT molecular complexity index is 1000. The number of nitrogens with zero attached hydrogens (tertiary/aromatic N) is 3. The Hall–Kier alpha value is -1.93. The molecular weight excluding hydrogens is 475 g/mol. The summed E-state index contributed by atoms with van der Waals surface area (Å²) in [5.74, 6) is 1.62. The SMILES string of the molecule is O=C(Nc1ccc(Cl)c(-c2nnc3n2CCCCC3)c1)c1cccc(I)c1. The van der Waals surface area contributed by atoms with Gasteiger partial charge in [-0.1, -0.05) is 24.1 Å². The molecule has 7 heteroatoms. The van der Waals surface area contributed by atoms with E-state index in [1.54, 1.807) is 18.2 Å². The molecule has 0 bridgehead atoms. The number of hydrogen-bond acceptors (Lipinski definition) is 3. The van der Waals surface area contributed by atoms with Gasteiger partial charge in [0.25, 0.3) is 5.91 Å². The number of amides is 1. The number of rotatable bonds is 3. The Kier molecular flexibility index (Phi) is 5.45. The summed E-state index contributed by atoms with van der Waals surface area (Å²) >= 11 is 8.64. The van der Waals surface area contributed by atoms with E-state index in [1.165, 1.54) is 6.42 Å². The Morgan fingerprint density at radius 2 is 2.00 bits per heavy atom. The van der Waals surface area contributed by atoms with Crippen LogP contribution in [-0.2, 0) is 13.0 Å². The van der Waals surface area contributed by atoms with Crippen molar-refractivity contribution in [1.29, 1.82) is 0 Å². The van der Waals surface area contributed by atoms with Crippen molar-refractivity contribution >= 4 is 45.8 Å². The lowest BCUT2D eigenvalue weighted by atomic mass is 10.1. The Labute approximate surface area is 176 Å². The molecule has 5 nitrogen and oxygen atoms in total. The monoisotopic (exact) mass is 492 g/mol. The fourth-order valence-electron chi connectivity index (χ4n) is 3.29. The van der Waals surface area contributed by atoms with Gasteiger partial charge in [0.2, 0.25) is 0 Å². The summed E-state index contributed by atoms with van der Waals surface area (Å²) < 4.78 is 3.17. The minimum Gasteiger partial charge on any atom is -0.322 e. The molecule has 0 aliphatic carbocycles. The number of fused-ring (bicyclic) bond motifs is 1. The van der Waals surface area contributed by atoms with Crippen LogP contribution >= 0.6 is 34.2 Å². The molecule has 0 saturated carbocycles. The lowest BCUT2D eigenvalue weighted by molar-refractivity contribution is 0.102. The molecule has 1 aromatic heterocycles. The molecule has 1 aliphatic rings. The van der Waals surface area contributed by atoms with Gasteiger partial charge in [-0.25, -0.2) is 0 Å². The molecule has 0 atom stereocenters. The summed E-state index contributed by atoms with van der Waals surface area (Å²) in [5.41, 5.74) is 2.09. The molecule has 2 heterocycles. The van der Waals surface area contributed by atoms with Crippen molar-refractivity contribution in [1.82, 2.24) is 14.8 Å². The van der Waals surface area contributed by atoms with E-state index in [2.05, 4.69) is 42.7 Å². The predicted octanol–water partition coefficient (Wildman–Crippen LogP) is 5.18. The highest BCUT2D eigenvalue weighted by Crippen LogP contribution is 2.31. The molecule has 1 amide bonds. The van der Waals surface area contributed by atoms with Crippen LogP contribution in [-0.4, -0.2) is 20.7 Å². The third-order valence-corrected chi connectivity index (χ3v) is 5.66. The van der Waals surface area contributed by atoms with E-state index < -0.39 is 0 Å². The Balaban J connectivity index is 1.64. The maximum Gasteiger partial charge on any atom is 0.255 e. The van der Waals surface area contributed by atoms with Gasteiger partial charge in [-0.3, -0.25) is 4.79 Å². The van der Waals surface area contributed by atoms with Crippen molar-refractivity contribution in [2.75, 3.05) is 5.32 Å². The average molecular weight is 493 g/mol. The summed E-state index contributed by atoms with van der Waals surface area (Å²) in [6.45, 7) is 0.896. The number of carbonyl (C=O) groups excluding carboxylic acids is 1. The van der Waals surface area contributed by atoms with Crippen molar-refractivity contribution in [3.63, 3.8) is 0 Å². The van der Waals surface area contributed by atoms with E-state index in [0.29, 0.717) is 16.3 Å². The van der Waals surface area contributed by atoms with Gasteiger partial charge in [0.05, 0.1) is 5.02 Å². The normalized spacial score (nSPS) is 13.7. The summed E-state index contributed by atoms with van der Waals surface area (Å²) in [6.07, 6.45) is 4.38. The molecule has 138 valence electrons. The van der Waals surface area contributed by atoms with Gasteiger partial charge in [-0.15, -0.1) is 10.2 Å². The van der Waals surface area contributed by atoms with E-state index in [0.717, 1.165) is 46.6 Å². The maximum absolute atomic E-state index is 12.5. The standard InChI is InChI=1S/C20H18ClIN4O/c21-17-9-8-15(23-20(27)13-5-4-6-14(22)11-13)12-16(17)19-25-24-18-7-2-1-3-10-26(18)19/h4-6,8-9,11-12H,1-3,7,10H2,(H,23,27). The van der Waals surface area contributed by atoms with Gasteiger partial charge >= 0.3 is 0 Å². The van der Waals surface area contributed by atoms with Crippen molar-refractivity contribution in [3.05, 3.63) is 62.4 Å². The number of anilines is 1. The van der Waals surface area contributed by atoms with E-state index in [4.69, 9.17) is 11.6 Å². The molecule has 1 aliphatic heterocycles. The number of nitrogens with one attached hydrogen (secondary N) is 1. The summed E-state index contributed by atoms with van der Waals surface area (Å²) in [5, 5.41) is 12.3. The minimum atomic E-state index is -0.151. The van der Waals surface area contributed by atoms with Crippen molar-refractivity contribution in [3.8, 4) is 11.4 Å². The van der Waals surface area contributed by atoms with Gasteiger partial charge in [0, 0.05) is 33.4 Å². The lowest BCUT2D eigenvalue weighted by Crippen LogP contribution is -2.12. The second kappa shape index (κ2) is 7.98. The molecule has 0 radical (unpaired) electrons. The van der Waals surface area contributed by atoms with Crippen LogP contribution in [0.1, 0.15) is 35.4 Å². The molecular formula is C20H18ClIN4O. The van der Waals surface area contributed by atoms with Crippen LogP contribution in [0.15, 0.2) is 42.5 Å². The third-order valence-electron chi connectivity index (χ3n) is 4.66. The van der Waals surface area contributed by atoms with Crippen LogP contribution < -0.4 is 5.32 Å². The van der Waals surface area contributed by atoms with E-state index in [-0.39, 0.29) is 5.91 Å². The fraction of sp³-hybridized carbons (Fsp3) is 0.250. The van der Waals surface area contributed by atoms with Gasteiger partial charge in [-0.2, -0.15) is 0 Å². The Morgan fingerprint density at radius 1 is 1.11 bits per heavy atom. The largest absolute Gasteiger partial charge is 0.322 e. The molecule has 0 spiro atoms. The fourth-order valence-corrected chi connectivity index (χ4v) is 4.04. The van der Waals surface area contributed by atoms with Crippen LogP contribution in [0, 0.1) is 3.57 Å². The first-order valence-corrected chi connectivity index (χ1v) is 10.4. The molecule has 3 aromatic rings. The van der Waals surface area contributed by atoms with Crippen molar-refractivity contribution in [2.45, 2.75) is 32.2 Å². The minimum absolute atomic E-state index is 0.151. The molecule has 0 unspecified atom stereocenters. The molecule has 0 fully saturated rings. The van der Waals surface area contributed by atoms with Crippen molar-refractivity contribution < 1.29 is 4.79 Å². The van der Waals surface area contributed by atoms with Gasteiger partial charge in [0.1, 0.15) is 5.82 Å². The number of hydrogen-bond donors (Lipinski definition) is 1. The van der Waals surface area contributed by atoms with Crippen LogP contribution in [0.25, 0.3) is 11.4 Å². The molecule has 2 aromatic carbocycles. The second-order valence-corrected chi connectivity index (χ2v) is 8.21. The first kappa shape index (κ1) is 18.4. The molecule has 27 heavy (non-hydrogen) atoms. The highest BCUT2D eigenvalue weighted by Gasteiger charge is 2.18. The number of carbonyl (C=O) groups is 1. The summed E-state index contributed by atoms with van der Waals surface area (Å²) in [7, 11) is 0. The van der Waals surface area contributed by atoms with Crippen LogP contribution in [0.3, 0.4) is 0 Å². The first-order valence-electron chi connectivity index (χ1n) is 8.91. The topological polar surface area (TPSA) is 59.8 Å². The van der Waals surface area contributed by atoms with Crippen LogP contribution in [0.4, 0.5) is 5.69 Å². The van der Waals surface area contributed by atoms with E-state index in [9.17, 15) is 4.79 Å². The van der Waals surface area contributed by atoms with Crippen LogP contribution in [0.2, 0.25) is 5.02 Å².